The van der Waals surface area contributed by atoms with Crippen LogP contribution >= 0.6 is 0 Å². The fraction of sp³-hybridized carbons (Fsp3) is 0.667. The fourth-order valence-electron chi connectivity index (χ4n) is 3.71. The Morgan fingerprint density at radius 2 is 2.00 bits per heavy atom. The van der Waals surface area contributed by atoms with Crippen molar-refractivity contribution in [3.63, 3.8) is 0 Å². The molecule has 1 aromatic rings. The second kappa shape index (κ2) is 6.07. The van der Waals surface area contributed by atoms with Gasteiger partial charge in [-0.3, -0.25) is 0 Å². The van der Waals surface area contributed by atoms with Crippen LogP contribution in [0.5, 0.6) is 0 Å². The maximum absolute atomic E-state index is 3.52. The summed E-state index contributed by atoms with van der Waals surface area (Å²) in [5, 5.41) is 3.52. The second-order valence-corrected chi connectivity index (χ2v) is 6.86. The molecular formula is C18H28N2. The molecule has 0 unspecified atom stereocenters. The summed E-state index contributed by atoms with van der Waals surface area (Å²) in [5.41, 5.74) is 4.32. The van der Waals surface area contributed by atoms with Crippen LogP contribution in [0.15, 0.2) is 18.2 Å². The van der Waals surface area contributed by atoms with Gasteiger partial charge < -0.3 is 10.2 Å². The predicted octanol–water partition coefficient (Wildman–Crippen LogP) is 4.45. The van der Waals surface area contributed by atoms with Gasteiger partial charge in [-0.25, -0.2) is 0 Å². The van der Waals surface area contributed by atoms with Crippen molar-refractivity contribution in [3.8, 4) is 0 Å². The molecule has 1 heterocycles. The van der Waals surface area contributed by atoms with Gasteiger partial charge in [0.15, 0.2) is 0 Å². The first-order valence-corrected chi connectivity index (χ1v) is 8.37. The molecule has 1 aliphatic heterocycles. The molecule has 0 spiro atoms. The Balaban J connectivity index is 1.85. The highest BCUT2D eigenvalue weighted by molar-refractivity contribution is 5.62. The summed E-state index contributed by atoms with van der Waals surface area (Å²) in [6, 6.07) is 7.85. The van der Waals surface area contributed by atoms with Crippen molar-refractivity contribution < 1.29 is 0 Å². The minimum Gasteiger partial charge on any atom is -0.385 e. The summed E-state index contributed by atoms with van der Waals surface area (Å²) in [7, 11) is 0. The van der Waals surface area contributed by atoms with Gasteiger partial charge in [0.25, 0.3) is 0 Å². The molecule has 1 N–H and O–H groups in total. The average molecular weight is 272 g/mol. The van der Waals surface area contributed by atoms with Crippen LogP contribution in [0.3, 0.4) is 0 Å². The number of nitrogens with zero attached hydrogens (tertiary/aromatic N) is 1. The Kier molecular flexibility index (Phi) is 4.18. The number of fused-ring (bicyclic) bond motifs is 1. The van der Waals surface area contributed by atoms with Gasteiger partial charge >= 0.3 is 0 Å². The van der Waals surface area contributed by atoms with Crippen molar-refractivity contribution in [3.05, 3.63) is 23.8 Å². The van der Waals surface area contributed by atoms with Gasteiger partial charge in [-0.1, -0.05) is 26.7 Å². The molecule has 0 radical (unpaired) electrons. The summed E-state index contributed by atoms with van der Waals surface area (Å²) in [4.78, 5) is 2.69. The Hall–Kier alpha value is -1.18. The highest BCUT2D eigenvalue weighted by Gasteiger charge is 2.24. The zero-order chi connectivity index (χ0) is 13.9. The van der Waals surface area contributed by atoms with Crippen LogP contribution in [0.4, 0.5) is 11.4 Å². The molecule has 110 valence electrons. The Labute approximate surface area is 123 Å². The van der Waals surface area contributed by atoms with E-state index in [1.165, 1.54) is 62.0 Å². The van der Waals surface area contributed by atoms with Gasteiger partial charge in [-0.15, -0.1) is 0 Å². The number of nitrogens with one attached hydrogen (secondary N) is 1. The van der Waals surface area contributed by atoms with Gasteiger partial charge in [-0.05, 0) is 55.4 Å². The standard InChI is InChI=1S/C18H28N2/c1-14(2)13-20(16-7-3-4-8-16)17-9-10-18-15(12-17)6-5-11-19-18/h9-10,12,14,16,19H,3-8,11,13H2,1-2H3. The van der Waals surface area contributed by atoms with Crippen LogP contribution < -0.4 is 10.2 Å². The average Bonchev–Trinajstić information content (AvgIpc) is 2.98. The van der Waals surface area contributed by atoms with Gasteiger partial charge in [0, 0.05) is 30.5 Å². The minimum atomic E-state index is 0.727. The molecule has 0 amide bonds. The van der Waals surface area contributed by atoms with E-state index in [0.29, 0.717) is 0 Å². The van der Waals surface area contributed by atoms with Crippen LogP contribution in [0.25, 0.3) is 0 Å². The third kappa shape index (κ3) is 2.94. The number of anilines is 2. The molecule has 20 heavy (non-hydrogen) atoms. The largest absolute Gasteiger partial charge is 0.385 e. The lowest BCUT2D eigenvalue weighted by Gasteiger charge is -2.34. The van der Waals surface area contributed by atoms with E-state index in [0.717, 1.165) is 18.5 Å². The molecule has 2 aliphatic rings. The van der Waals surface area contributed by atoms with E-state index in [1.54, 1.807) is 0 Å². The molecule has 0 aromatic heterocycles. The van der Waals surface area contributed by atoms with Crippen LogP contribution in [0.1, 0.15) is 51.5 Å². The molecule has 3 rings (SSSR count). The first-order chi connectivity index (χ1) is 9.74. The van der Waals surface area contributed by atoms with Crippen molar-refractivity contribution in [2.75, 3.05) is 23.3 Å². The number of hydrogen-bond donors (Lipinski definition) is 1. The maximum atomic E-state index is 3.52. The number of hydrogen-bond acceptors (Lipinski definition) is 2. The zero-order valence-corrected chi connectivity index (χ0v) is 13.0. The predicted molar refractivity (Wildman–Crippen MR) is 87.7 cm³/mol. The molecule has 0 atom stereocenters. The number of rotatable bonds is 4. The SMILES string of the molecule is CC(C)CN(c1ccc2c(c1)CCCN2)C1CCCC1. The van der Waals surface area contributed by atoms with E-state index in [4.69, 9.17) is 0 Å². The Bertz CT molecular complexity index is 447. The first-order valence-electron chi connectivity index (χ1n) is 8.37. The summed E-state index contributed by atoms with van der Waals surface area (Å²) in [5.74, 6) is 0.727. The van der Waals surface area contributed by atoms with Crippen molar-refractivity contribution in [2.45, 2.75) is 58.4 Å². The van der Waals surface area contributed by atoms with Gasteiger partial charge in [0.05, 0.1) is 0 Å². The van der Waals surface area contributed by atoms with Crippen LogP contribution in [0, 0.1) is 5.92 Å². The van der Waals surface area contributed by atoms with E-state index >= 15 is 0 Å². The van der Waals surface area contributed by atoms with Crippen LogP contribution in [0.2, 0.25) is 0 Å². The molecule has 0 saturated heterocycles. The van der Waals surface area contributed by atoms with Crippen LogP contribution in [-0.2, 0) is 6.42 Å². The van der Waals surface area contributed by atoms with E-state index in [9.17, 15) is 0 Å². The quantitative estimate of drug-likeness (QED) is 0.871. The third-order valence-corrected chi connectivity index (χ3v) is 4.69. The lowest BCUT2D eigenvalue weighted by Crippen LogP contribution is -2.36. The van der Waals surface area contributed by atoms with E-state index < -0.39 is 0 Å². The van der Waals surface area contributed by atoms with Crippen molar-refractivity contribution in [2.24, 2.45) is 5.92 Å². The van der Waals surface area contributed by atoms with Crippen molar-refractivity contribution >= 4 is 11.4 Å². The van der Waals surface area contributed by atoms with Gasteiger partial charge in [0.1, 0.15) is 0 Å². The van der Waals surface area contributed by atoms with Crippen molar-refractivity contribution in [1.29, 1.82) is 0 Å². The summed E-state index contributed by atoms with van der Waals surface area (Å²) < 4.78 is 0. The summed E-state index contributed by atoms with van der Waals surface area (Å²) >= 11 is 0. The molecule has 0 bridgehead atoms. The monoisotopic (exact) mass is 272 g/mol. The summed E-state index contributed by atoms with van der Waals surface area (Å²) in [6.07, 6.45) is 8.07. The molecule has 1 saturated carbocycles. The number of aryl methyl sites for hydroxylation is 1. The topological polar surface area (TPSA) is 15.3 Å². The Morgan fingerprint density at radius 3 is 2.75 bits per heavy atom. The minimum absolute atomic E-state index is 0.727. The lowest BCUT2D eigenvalue weighted by molar-refractivity contribution is 0.535. The molecule has 1 aliphatic carbocycles. The second-order valence-electron chi connectivity index (χ2n) is 6.86. The lowest BCUT2D eigenvalue weighted by atomic mass is 10.0. The van der Waals surface area contributed by atoms with E-state index in [1.807, 2.05) is 0 Å². The van der Waals surface area contributed by atoms with E-state index in [-0.39, 0.29) is 0 Å². The third-order valence-electron chi connectivity index (χ3n) is 4.69. The molecule has 2 heteroatoms. The molecular weight excluding hydrogens is 244 g/mol. The smallest absolute Gasteiger partial charge is 0.0374 e. The number of benzene rings is 1. The molecule has 2 nitrogen and oxygen atoms in total. The maximum Gasteiger partial charge on any atom is 0.0374 e. The molecule has 1 aromatic carbocycles. The van der Waals surface area contributed by atoms with E-state index in [2.05, 4.69) is 42.3 Å². The van der Waals surface area contributed by atoms with Gasteiger partial charge in [0.2, 0.25) is 0 Å². The zero-order valence-electron chi connectivity index (χ0n) is 13.0. The molecule has 1 fully saturated rings. The summed E-state index contributed by atoms with van der Waals surface area (Å²) in [6.45, 7) is 6.99. The van der Waals surface area contributed by atoms with Crippen molar-refractivity contribution in [1.82, 2.24) is 0 Å². The fourth-order valence-corrected chi connectivity index (χ4v) is 3.71. The highest BCUT2D eigenvalue weighted by atomic mass is 15.2. The van der Waals surface area contributed by atoms with Crippen LogP contribution in [-0.4, -0.2) is 19.1 Å². The highest BCUT2D eigenvalue weighted by Crippen LogP contribution is 2.32. The Morgan fingerprint density at radius 1 is 1.20 bits per heavy atom. The normalized spacial score (nSPS) is 18.9. The first kappa shape index (κ1) is 13.8. The van der Waals surface area contributed by atoms with Gasteiger partial charge in [-0.2, -0.15) is 0 Å².